The van der Waals surface area contributed by atoms with Gasteiger partial charge in [-0.2, -0.15) is 0 Å². The lowest BCUT2D eigenvalue weighted by Crippen LogP contribution is -2.31. The van der Waals surface area contributed by atoms with Gasteiger partial charge in [-0.1, -0.05) is 0 Å². The van der Waals surface area contributed by atoms with Gasteiger partial charge in [0.1, 0.15) is 11.5 Å². The molecule has 0 radical (unpaired) electrons. The van der Waals surface area contributed by atoms with E-state index in [2.05, 4.69) is 10.3 Å². The van der Waals surface area contributed by atoms with Crippen molar-refractivity contribution in [3.63, 3.8) is 0 Å². The van der Waals surface area contributed by atoms with E-state index in [1.165, 1.54) is 19.1 Å². The van der Waals surface area contributed by atoms with E-state index in [1.807, 2.05) is 0 Å². The van der Waals surface area contributed by atoms with Crippen molar-refractivity contribution in [1.82, 2.24) is 4.98 Å². The van der Waals surface area contributed by atoms with E-state index in [0.29, 0.717) is 6.29 Å². The van der Waals surface area contributed by atoms with Crippen LogP contribution in [0.25, 0.3) is 0 Å². The molecular weight excluding hydrogens is 199 g/mol. The fraction of sp³-hybridized carbons (Fsp3) is 0.125. The summed E-state index contributed by atoms with van der Waals surface area (Å²) in [7, 11) is -1.71. The van der Waals surface area contributed by atoms with Gasteiger partial charge in [-0.3, -0.25) is 9.59 Å². The first-order chi connectivity index (χ1) is 7.02. The first kappa shape index (κ1) is 11.4. The van der Waals surface area contributed by atoms with Crippen LogP contribution in [-0.4, -0.2) is 34.3 Å². The summed E-state index contributed by atoms with van der Waals surface area (Å²) in [6.45, 7) is 1.28. The molecule has 0 saturated heterocycles. The molecule has 0 aliphatic rings. The molecule has 0 aromatic carbocycles. The largest absolute Gasteiger partial charge is 0.488 e. The molecule has 7 heteroatoms. The number of nitrogens with zero attached hydrogens (tertiary/aromatic N) is 1. The maximum Gasteiger partial charge on any atom is 0.488 e. The van der Waals surface area contributed by atoms with Crippen LogP contribution in [0.1, 0.15) is 17.4 Å². The fourth-order valence-electron chi connectivity index (χ4n) is 1.03. The quantitative estimate of drug-likeness (QED) is 0.416. The van der Waals surface area contributed by atoms with Crippen molar-refractivity contribution in [2.45, 2.75) is 6.92 Å². The molecule has 0 spiro atoms. The highest BCUT2D eigenvalue weighted by Gasteiger charge is 2.14. The molecule has 78 valence electrons. The standard InChI is InChI=1S/C8H9BN2O4/c1-5(13)10-8-3-6(9(14)15)2-7(4-12)11-8/h2-4,14-15H,1H3,(H,10,11,13). The summed E-state index contributed by atoms with van der Waals surface area (Å²) in [6.07, 6.45) is 0.456. The van der Waals surface area contributed by atoms with Gasteiger partial charge >= 0.3 is 7.12 Å². The Labute approximate surface area is 86.1 Å². The van der Waals surface area contributed by atoms with Crippen LogP contribution in [0.5, 0.6) is 0 Å². The summed E-state index contributed by atoms with van der Waals surface area (Å²) in [5, 5.41) is 20.1. The van der Waals surface area contributed by atoms with Crippen molar-refractivity contribution in [2.75, 3.05) is 5.32 Å². The van der Waals surface area contributed by atoms with E-state index in [-0.39, 0.29) is 22.9 Å². The zero-order chi connectivity index (χ0) is 11.4. The summed E-state index contributed by atoms with van der Waals surface area (Å²) in [5.41, 5.74) is 0.111. The van der Waals surface area contributed by atoms with Crippen molar-refractivity contribution in [3.8, 4) is 0 Å². The normalized spacial score (nSPS) is 9.53. The smallest absolute Gasteiger partial charge is 0.423 e. The summed E-state index contributed by atoms with van der Waals surface area (Å²) < 4.78 is 0. The number of anilines is 1. The maximum atomic E-state index is 10.7. The minimum Gasteiger partial charge on any atom is -0.423 e. The molecule has 1 aromatic rings. The number of rotatable bonds is 3. The van der Waals surface area contributed by atoms with E-state index in [1.54, 1.807) is 0 Å². The van der Waals surface area contributed by atoms with Gasteiger partial charge in [0.15, 0.2) is 6.29 Å². The second kappa shape index (κ2) is 4.67. The molecule has 0 aliphatic heterocycles. The highest BCUT2D eigenvalue weighted by atomic mass is 16.4. The molecule has 0 aliphatic carbocycles. The first-order valence-electron chi connectivity index (χ1n) is 4.14. The summed E-state index contributed by atoms with van der Waals surface area (Å²) >= 11 is 0. The molecule has 0 saturated carbocycles. The molecule has 15 heavy (non-hydrogen) atoms. The number of pyridine rings is 1. The zero-order valence-electron chi connectivity index (χ0n) is 7.97. The molecule has 0 atom stereocenters. The lowest BCUT2D eigenvalue weighted by molar-refractivity contribution is -0.114. The average molecular weight is 208 g/mol. The van der Waals surface area contributed by atoms with Crippen LogP contribution in [0.4, 0.5) is 5.82 Å². The average Bonchev–Trinajstić information content (AvgIpc) is 2.16. The second-order valence-electron chi connectivity index (χ2n) is 2.88. The van der Waals surface area contributed by atoms with Gasteiger partial charge in [0.25, 0.3) is 0 Å². The van der Waals surface area contributed by atoms with Gasteiger partial charge in [0.05, 0.1) is 0 Å². The van der Waals surface area contributed by atoms with Crippen LogP contribution in [-0.2, 0) is 4.79 Å². The molecule has 0 bridgehead atoms. The number of carbonyl (C=O) groups excluding carboxylic acids is 2. The first-order valence-corrected chi connectivity index (χ1v) is 4.14. The highest BCUT2D eigenvalue weighted by molar-refractivity contribution is 6.58. The Hall–Kier alpha value is -1.73. The van der Waals surface area contributed by atoms with Crippen molar-refractivity contribution < 1.29 is 19.6 Å². The highest BCUT2D eigenvalue weighted by Crippen LogP contribution is 2.02. The molecule has 1 heterocycles. The Morgan fingerprint density at radius 2 is 2.20 bits per heavy atom. The monoisotopic (exact) mass is 208 g/mol. The van der Waals surface area contributed by atoms with E-state index >= 15 is 0 Å². The Morgan fingerprint density at radius 3 is 2.67 bits per heavy atom. The third kappa shape index (κ3) is 3.15. The van der Waals surface area contributed by atoms with Crippen LogP contribution in [0.3, 0.4) is 0 Å². The van der Waals surface area contributed by atoms with E-state index in [9.17, 15) is 9.59 Å². The van der Waals surface area contributed by atoms with Crippen molar-refractivity contribution in [2.24, 2.45) is 0 Å². The Kier molecular flexibility index (Phi) is 3.54. The topological polar surface area (TPSA) is 99.5 Å². The van der Waals surface area contributed by atoms with Crippen LogP contribution in [0.2, 0.25) is 0 Å². The predicted octanol–water partition coefficient (Wildman–Crippen LogP) is -1.47. The molecule has 0 unspecified atom stereocenters. The van der Waals surface area contributed by atoms with Crippen LogP contribution < -0.4 is 10.8 Å². The summed E-state index contributed by atoms with van der Waals surface area (Å²) in [5.74, 6) is -0.251. The van der Waals surface area contributed by atoms with Gasteiger partial charge < -0.3 is 15.4 Å². The SMILES string of the molecule is CC(=O)Nc1cc(B(O)O)cc(C=O)n1. The number of hydrogen-bond acceptors (Lipinski definition) is 5. The van der Waals surface area contributed by atoms with Crippen molar-refractivity contribution >= 4 is 30.6 Å². The van der Waals surface area contributed by atoms with Crippen LogP contribution in [0.15, 0.2) is 12.1 Å². The Balaban J connectivity index is 3.10. The zero-order valence-corrected chi connectivity index (χ0v) is 7.97. The minimum absolute atomic E-state index is 0.0179. The molecule has 1 aromatic heterocycles. The molecule has 1 amide bonds. The van der Waals surface area contributed by atoms with Crippen molar-refractivity contribution in [1.29, 1.82) is 0 Å². The van der Waals surface area contributed by atoms with Gasteiger partial charge in [0, 0.05) is 6.92 Å². The number of carbonyl (C=O) groups is 2. The lowest BCUT2D eigenvalue weighted by atomic mass is 9.80. The lowest BCUT2D eigenvalue weighted by Gasteiger charge is -2.05. The van der Waals surface area contributed by atoms with E-state index in [4.69, 9.17) is 10.0 Å². The molecule has 1 rings (SSSR count). The van der Waals surface area contributed by atoms with E-state index < -0.39 is 7.12 Å². The summed E-state index contributed by atoms with van der Waals surface area (Å²) in [6, 6.07) is 2.50. The molecular formula is C8H9BN2O4. The van der Waals surface area contributed by atoms with Crippen LogP contribution in [0, 0.1) is 0 Å². The third-order valence-electron chi connectivity index (χ3n) is 1.59. The van der Waals surface area contributed by atoms with Crippen molar-refractivity contribution in [3.05, 3.63) is 17.8 Å². The maximum absolute atomic E-state index is 10.7. The predicted molar refractivity (Wildman–Crippen MR) is 53.8 cm³/mol. The van der Waals surface area contributed by atoms with Gasteiger partial charge in [-0.25, -0.2) is 4.98 Å². The van der Waals surface area contributed by atoms with E-state index in [0.717, 1.165) is 0 Å². The molecule has 6 nitrogen and oxygen atoms in total. The number of nitrogens with one attached hydrogen (secondary N) is 1. The summed E-state index contributed by atoms with van der Waals surface area (Å²) in [4.78, 5) is 25.0. The Bertz CT molecular complexity index is 394. The second-order valence-corrected chi connectivity index (χ2v) is 2.88. The number of aromatic nitrogens is 1. The van der Waals surface area contributed by atoms with Gasteiger partial charge in [0.2, 0.25) is 5.91 Å². The number of aldehydes is 1. The number of amides is 1. The number of hydrogen-bond donors (Lipinski definition) is 3. The van der Waals surface area contributed by atoms with Gasteiger partial charge in [-0.05, 0) is 17.6 Å². The van der Waals surface area contributed by atoms with Crippen LogP contribution >= 0.6 is 0 Å². The molecule has 3 N–H and O–H groups in total. The molecule has 0 fully saturated rings. The van der Waals surface area contributed by atoms with Gasteiger partial charge in [-0.15, -0.1) is 0 Å². The fourth-order valence-corrected chi connectivity index (χ4v) is 1.03. The minimum atomic E-state index is -1.71. The third-order valence-corrected chi connectivity index (χ3v) is 1.59. The Morgan fingerprint density at radius 1 is 1.53 bits per heavy atom.